The number of hydrogen-bond acceptors (Lipinski definition) is 3. The van der Waals surface area contributed by atoms with Crippen molar-refractivity contribution in [3.63, 3.8) is 0 Å². The van der Waals surface area contributed by atoms with E-state index >= 15 is 0 Å². The first-order valence-electron chi connectivity index (χ1n) is 8.41. The zero-order chi connectivity index (χ0) is 17.8. The van der Waals surface area contributed by atoms with Crippen molar-refractivity contribution >= 4 is 11.6 Å². The Hall–Kier alpha value is -2.95. The molecule has 5 nitrogen and oxygen atoms in total. The van der Waals surface area contributed by atoms with Crippen LogP contribution in [0.5, 0.6) is 0 Å². The van der Waals surface area contributed by atoms with E-state index < -0.39 is 0 Å². The largest absolute Gasteiger partial charge is 0.338 e. The zero-order valence-corrected chi connectivity index (χ0v) is 14.5. The van der Waals surface area contributed by atoms with Gasteiger partial charge in [-0.1, -0.05) is 36.4 Å². The van der Waals surface area contributed by atoms with Crippen molar-refractivity contribution in [2.75, 3.05) is 13.1 Å². The molecule has 0 saturated heterocycles. The lowest BCUT2D eigenvalue weighted by molar-refractivity contribution is 0.0764. The molecule has 3 aromatic rings. The first-order chi connectivity index (χ1) is 12.1. The fourth-order valence-electron chi connectivity index (χ4n) is 2.81. The fraction of sp³-hybridized carbons (Fsp3) is 0.250. The number of carbonyl (C=O) groups is 1. The van der Waals surface area contributed by atoms with E-state index in [4.69, 9.17) is 0 Å². The van der Waals surface area contributed by atoms with Gasteiger partial charge in [-0.25, -0.2) is 4.98 Å². The molecular formula is C20H21N3O2. The molecule has 1 amide bonds. The highest BCUT2D eigenvalue weighted by Gasteiger charge is 2.19. The van der Waals surface area contributed by atoms with Crippen LogP contribution in [0.25, 0.3) is 5.65 Å². The average Bonchev–Trinajstić information content (AvgIpc) is 2.63. The zero-order valence-electron chi connectivity index (χ0n) is 14.5. The summed E-state index contributed by atoms with van der Waals surface area (Å²) in [5.41, 5.74) is 2.43. The number of aryl methyl sites for hydroxylation is 1. The summed E-state index contributed by atoms with van der Waals surface area (Å²) in [5.74, 6) is -0.271. The average molecular weight is 335 g/mol. The number of fused-ring (bicyclic) bond motifs is 1. The summed E-state index contributed by atoms with van der Waals surface area (Å²) < 4.78 is 1.44. The normalized spacial score (nSPS) is 10.8. The molecule has 2 aromatic heterocycles. The second-order valence-corrected chi connectivity index (χ2v) is 6.03. The number of aromatic nitrogens is 2. The monoisotopic (exact) mass is 335 g/mol. The molecule has 0 aliphatic carbocycles. The molecular weight excluding hydrogens is 314 g/mol. The Morgan fingerprint density at radius 2 is 1.92 bits per heavy atom. The minimum absolute atomic E-state index is 0.109. The van der Waals surface area contributed by atoms with Gasteiger partial charge in [0.15, 0.2) is 0 Å². The number of benzene rings is 1. The van der Waals surface area contributed by atoms with Crippen LogP contribution in [-0.2, 0) is 6.42 Å². The van der Waals surface area contributed by atoms with Crippen LogP contribution in [0.1, 0.15) is 28.4 Å². The molecule has 0 spiro atoms. The van der Waals surface area contributed by atoms with E-state index in [-0.39, 0.29) is 17.0 Å². The standard InChI is InChI=1S/C20H21N3O2/c1-3-22(12-11-16-7-5-4-6-8-16)19(24)17-13-21-18-10-9-15(2)14-23(18)20(17)25/h4-10,13-14H,3,11-12H2,1-2H3. The molecule has 25 heavy (non-hydrogen) atoms. The molecule has 0 bridgehead atoms. The highest BCUT2D eigenvalue weighted by molar-refractivity contribution is 5.93. The Balaban J connectivity index is 1.86. The lowest BCUT2D eigenvalue weighted by atomic mass is 10.1. The molecule has 0 radical (unpaired) electrons. The van der Waals surface area contributed by atoms with Gasteiger partial charge in [-0.2, -0.15) is 0 Å². The van der Waals surface area contributed by atoms with E-state index in [0.29, 0.717) is 18.7 Å². The molecule has 5 heteroatoms. The Labute approximate surface area is 146 Å². The molecule has 0 saturated carbocycles. The van der Waals surface area contributed by atoms with E-state index in [1.165, 1.54) is 10.6 Å². The second kappa shape index (κ2) is 7.30. The molecule has 2 heterocycles. The maximum Gasteiger partial charge on any atom is 0.270 e. The highest BCUT2D eigenvalue weighted by Crippen LogP contribution is 2.06. The number of amides is 1. The molecule has 1 aromatic carbocycles. The van der Waals surface area contributed by atoms with Crippen LogP contribution in [-0.4, -0.2) is 33.3 Å². The molecule has 0 fully saturated rings. The highest BCUT2D eigenvalue weighted by atomic mass is 16.2. The number of rotatable bonds is 5. The molecule has 3 rings (SSSR count). The third kappa shape index (κ3) is 3.60. The quantitative estimate of drug-likeness (QED) is 0.720. The van der Waals surface area contributed by atoms with Gasteiger partial charge in [0.2, 0.25) is 0 Å². The summed E-state index contributed by atoms with van der Waals surface area (Å²) in [7, 11) is 0. The minimum atomic E-state index is -0.322. The topological polar surface area (TPSA) is 54.7 Å². The second-order valence-electron chi connectivity index (χ2n) is 6.03. The lowest BCUT2D eigenvalue weighted by Gasteiger charge is -2.20. The molecule has 0 aliphatic rings. The van der Waals surface area contributed by atoms with Crippen LogP contribution in [0.15, 0.2) is 59.7 Å². The van der Waals surface area contributed by atoms with E-state index in [2.05, 4.69) is 4.98 Å². The van der Waals surface area contributed by atoms with E-state index in [0.717, 1.165) is 17.5 Å². The van der Waals surface area contributed by atoms with Crippen molar-refractivity contribution in [3.05, 3.63) is 81.9 Å². The summed E-state index contributed by atoms with van der Waals surface area (Å²) in [6.07, 6.45) is 3.85. The van der Waals surface area contributed by atoms with Gasteiger partial charge < -0.3 is 4.90 Å². The first kappa shape index (κ1) is 16.9. The third-order valence-corrected chi connectivity index (χ3v) is 4.26. The molecule has 128 valence electrons. The predicted octanol–water partition coefficient (Wildman–Crippen LogP) is 2.71. The fourth-order valence-corrected chi connectivity index (χ4v) is 2.81. The van der Waals surface area contributed by atoms with Gasteiger partial charge in [0.25, 0.3) is 11.5 Å². The SMILES string of the molecule is CCN(CCc1ccccc1)C(=O)c1cnc2ccc(C)cn2c1=O. The van der Waals surface area contributed by atoms with Crippen LogP contribution >= 0.6 is 0 Å². The van der Waals surface area contributed by atoms with Gasteiger partial charge in [0.05, 0.1) is 0 Å². The van der Waals surface area contributed by atoms with E-state index in [1.807, 2.05) is 50.2 Å². The van der Waals surface area contributed by atoms with E-state index in [9.17, 15) is 9.59 Å². The summed E-state index contributed by atoms with van der Waals surface area (Å²) in [5, 5.41) is 0. The Morgan fingerprint density at radius 3 is 2.64 bits per heavy atom. The number of pyridine rings is 1. The number of carbonyl (C=O) groups excluding carboxylic acids is 1. The number of likely N-dealkylation sites (N-methyl/N-ethyl adjacent to an activating group) is 1. The smallest absolute Gasteiger partial charge is 0.270 e. The van der Waals surface area contributed by atoms with E-state index in [1.54, 1.807) is 17.2 Å². The molecule has 0 aliphatic heterocycles. The summed E-state index contributed by atoms with van der Waals surface area (Å²) >= 11 is 0. The number of hydrogen-bond donors (Lipinski definition) is 0. The number of nitrogens with zero attached hydrogens (tertiary/aromatic N) is 3. The van der Waals surface area contributed by atoms with Crippen molar-refractivity contribution in [2.24, 2.45) is 0 Å². The van der Waals surface area contributed by atoms with Gasteiger partial charge in [0, 0.05) is 25.5 Å². The Bertz CT molecular complexity index is 948. The van der Waals surface area contributed by atoms with Crippen LogP contribution in [0, 0.1) is 6.92 Å². The molecule has 0 atom stereocenters. The van der Waals surface area contributed by atoms with Crippen LogP contribution in [0.2, 0.25) is 0 Å². The van der Waals surface area contributed by atoms with Crippen molar-refractivity contribution in [2.45, 2.75) is 20.3 Å². The third-order valence-electron chi connectivity index (χ3n) is 4.26. The van der Waals surface area contributed by atoms with Crippen LogP contribution in [0.3, 0.4) is 0 Å². The van der Waals surface area contributed by atoms with Gasteiger partial charge >= 0.3 is 0 Å². The predicted molar refractivity (Wildman–Crippen MR) is 97.9 cm³/mol. The van der Waals surface area contributed by atoms with Crippen molar-refractivity contribution in [1.82, 2.24) is 14.3 Å². The van der Waals surface area contributed by atoms with Crippen molar-refractivity contribution in [3.8, 4) is 0 Å². The minimum Gasteiger partial charge on any atom is -0.338 e. The van der Waals surface area contributed by atoms with Gasteiger partial charge in [-0.05, 0) is 37.5 Å². The lowest BCUT2D eigenvalue weighted by Crippen LogP contribution is -2.37. The molecule has 0 unspecified atom stereocenters. The first-order valence-corrected chi connectivity index (χ1v) is 8.41. The van der Waals surface area contributed by atoms with Crippen molar-refractivity contribution < 1.29 is 4.79 Å². The van der Waals surface area contributed by atoms with Gasteiger partial charge in [0.1, 0.15) is 11.2 Å². The maximum atomic E-state index is 12.8. The summed E-state index contributed by atoms with van der Waals surface area (Å²) in [4.78, 5) is 31.5. The summed E-state index contributed by atoms with van der Waals surface area (Å²) in [6, 6.07) is 13.7. The van der Waals surface area contributed by atoms with Crippen LogP contribution < -0.4 is 5.56 Å². The van der Waals surface area contributed by atoms with Gasteiger partial charge in [-0.15, -0.1) is 0 Å². The Morgan fingerprint density at radius 1 is 1.16 bits per heavy atom. The van der Waals surface area contributed by atoms with Crippen molar-refractivity contribution in [1.29, 1.82) is 0 Å². The maximum absolute atomic E-state index is 12.8. The Kier molecular flexibility index (Phi) is 4.93. The van der Waals surface area contributed by atoms with Crippen LogP contribution in [0.4, 0.5) is 0 Å². The molecule has 0 N–H and O–H groups in total. The van der Waals surface area contributed by atoms with Gasteiger partial charge in [-0.3, -0.25) is 14.0 Å². The summed E-state index contributed by atoms with van der Waals surface area (Å²) in [6.45, 7) is 4.93.